The van der Waals surface area contributed by atoms with Gasteiger partial charge in [-0.3, -0.25) is 9.59 Å². The highest BCUT2D eigenvalue weighted by atomic mass is 19.4. The molecule has 2 heterocycles. The summed E-state index contributed by atoms with van der Waals surface area (Å²) in [4.78, 5) is 30.7. The number of carbonyl (C=O) groups is 2. The van der Waals surface area contributed by atoms with E-state index in [4.69, 9.17) is 9.15 Å². The number of benzene rings is 2. The van der Waals surface area contributed by atoms with E-state index >= 15 is 0 Å². The smallest absolute Gasteiger partial charge is 0.389 e. The molecule has 4 aromatic rings. The Morgan fingerprint density at radius 3 is 2.48 bits per heavy atom. The van der Waals surface area contributed by atoms with Crippen molar-refractivity contribution in [2.24, 2.45) is 11.8 Å². The van der Waals surface area contributed by atoms with Crippen molar-refractivity contribution in [3.63, 3.8) is 0 Å². The molecule has 10 heteroatoms. The molecule has 1 atom stereocenters. The van der Waals surface area contributed by atoms with Gasteiger partial charge in [0, 0.05) is 50.3 Å². The standard InChI is InChI=1S/C32H30F4N2O4/c1-37-30(40)28-25-16-24(20-4-3-5-21(14-20)27(39)15-22(17-41-2)18-6-7-18)26(12-13-32(34,35)36)38-31(25)42-29(28)19-8-10-23(33)11-9-19/h3-5,8-11,14,16,18,22H,6-7,12-13,15,17H2,1-2H3,(H,37,40)/t22-/m1/s1. The van der Waals surface area contributed by atoms with Gasteiger partial charge in [0.25, 0.3) is 5.91 Å². The Hall–Kier alpha value is -4.05. The summed E-state index contributed by atoms with van der Waals surface area (Å²) in [6.07, 6.45) is -3.55. The number of aryl methyl sites for hydroxylation is 1. The van der Waals surface area contributed by atoms with Crippen LogP contribution in [0.15, 0.2) is 59.0 Å². The van der Waals surface area contributed by atoms with E-state index in [1.54, 1.807) is 37.4 Å². The van der Waals surface area contributed by atoms with Crippen molar-refractivity contribution in [2.45, 2.75) is 38.3 Å². The fourth-order valence-electron chi connectivity index (χ4n) is 5.27. The summed E-state index contributed by atoms with van der Waals surface area (Å²) in [5.41, 5.74) is 1.90. The van der Waals surface area contributed by atoms with E-state index < -0.39 is 30.7 Å². The van der Waals surface area contributed by atoms with Gasteiger partial charge >= 0.3 is 6.18 Å². The predicted molar refractivity (Wildman–Crippen MR) is 150 cm³/mol. The van der Waals surface area contributed by atoms with Gasteiger partial charge in [0.05, 0.1) is 16.6 Å². The summed E-state index contributed by atoms with van der Waals surface area (Å²) >= 11 is 0. The van der Waals surface area contributed by atoms with E-state index in [0.29, 0.717) is 41.2 Å². The number of carbonyl (C=O) groups excluding carboxylic acids is 2. The van der Waals surface area contributed by atoms with Gasteiger partial charge in [-0.2, -0.15) is 13.2 Å². The van der Waals surface area contributed by atoms with Gasteiger partial charge in [0.15, 0.2) is 5.78 Å². The summed E-state index contributed by atoms with van der Waals surface area (Å²) in [5, 5.41) is 2.84. The normalized spacial score (nSPS) is 14.2. The third kappa shape index (κ3) is 6.54. The van der Waals surface area contributed by atoms with E-state index in [-0.39, 0.29) is 39.8 Å². The van der Waals surface area contributed by atoms with Crippen LogP contribution in [0.25, 0.3) is 33.6 Å². The van der Waals surface area contributed by atoms with Gasteiger partial charge in [-0.1, -0.05) is 18.2 Å². The monoisotopic (exact) mass is 582 g/mol. The number of furan rings is 1. The number of ether oxygens (including phenoxy) is 1. The maximum absolute atomic E-state index is 13.6. The lowest BCUT2D eigenvalue weighted by Crippen LogP contribution is -2.18. The van der Waals surface area contributed by atoms with Gasteiger partial charge in [-0.25, -0.2) is 9.37 Å². The molecule has 0 bridgehead atoms. The molecule has 220 valence electrons. The number of amides is 1. The molecule has 0 aliphatic heterocycles. The van der Waals surface area contributed by atoms with Gasteiger partial charge < -0.3 is 14.5 Å². The zero-order chi connectivity index (χ0) is 30.0. The molecule has 1 N–H and O–H groups in total. The average Bonchev–Trinajstić information content (AvgIpc) is 3.75. The number of Topliss-reactive ketones (excluding diaryl/α,β-unsaturated/α-hetero) is 1. The molecule has 0 saturated heterocycles. The second-order valence-corrected chi connectivity index (χ2v) is 10.6. The van der Waals surface area contributed by atoms with Crippen molar-refractivity contribution in [2.75, 3.05) is 20.8 Å². The van der Waals surface area contributed by atoms with Crippen molar-refractivity contribution >= 4 is 22.8 Å². The number of pyridine rings is 1. The first-order chi connectivity index (χ1) is 20.1. The molecule has 1 aliphatic rings. The van der Waals surface area contributed by atoms with Gasteiger partial charge in [-0.15, -0.1) is 0 Å². The molecule has 6 nitrogen and oxygen atoms in total. The topological polar surface area (TPSA) is 81.4 Å². The molecule has 1 aliphatic carbocycles. The summed E-state index contributed by atoms with van der Waals surface area (Å²) in [7, 11) is 3.05. The lowest BCUT2D eigenvalue weighted by molar-refractivity contribution is -0.134. The van der Waals surface area contributed by atoms with Crippen LogP contribution < -0.4 is 5.32 Å². The van der Waals surface area contributed by atoms with Gasteiger partial charge in [-0.05, 0) is 73.1 Å². The molecular weight excluding hydrogens is 552 g/mol. The second kappa shape index (κ2) is 12.1. The van der Waals surface area contributed by atoms with Crippen molar-refractivity contribution in [1.29, 1.82) is 0 Å². The Morgan fingerprint density at radius 2 is 1.83 bits per heavy atom. The van der Waals surface area contributed by atoms with E-state index in [2.05, 4.69) is 10.3 Å². The van der Waals surface area contributed by atoms with Gasteiger partial charge in [0.2, 0.25) is 5.71 Å². The predicted octanol–water partition coefficient (Wildman–Crippen LogP) is 7.40. The number of fused-ring (bicyclic) bond motifs is 1. The number of hydrogen-bond donors (Lipinski definition) is 1. The van der Waals surface area contributed by atoms with Crippen LogP contribution in [-0.2, 0) is 11.2 Å². The molecule has 1 amide bonds. The number of halogens is 4. The Labute approximate surface area is 240 Å². The van der Waals surface area contributed by atoms with Crippen molar-refractivity contribution in [3.05, 3.63) is 77.2 Å². The number of nitrogens with zero attached hydrogens (tertiary/aromatic N) is 1. The largest absolute Gasteiger partial charge is 0.437 e. The Bertz CT molecular complexity index is 1610. The highest BCUT2D eigenvalue weighted by molar-refractivity contribution is 6.11. The number of rotatable bonds is 11. The first kappa shape index (κ1) is 29.4. The zero-order valence-electron chi connectivity index (χ0n) is 23.2. The Morgan fingerprint density at radius 1 is 1.10 bits per heavy atom. The van der Waals surface area contributed by atoms with Crippen LogP contribution >= 0.6 is 0 Å². The minimum Gasteiger partial charge on any atom is -0.437 e. The highest BCUT2D eigenvalue weighted by Crippen LogP contribution is 2.40. The van der Waals surface area contributed by atoms with E-state index in [1.165, 1.54) is 31.3 Å². The zero-order valence-corrected chi connectivity index (χ0v) is 23.2. The number of methoxy groups -OCH3 is 1. The SMILES string of the molecule is CNC(=O)c1c(-c2ccc(F)cc2)oc2nc(CCC(F)(F)F)c(-c3cccc(C(=O)C[C@H](COC)C4CC4)c3)cc12. The molecule has 1 fully saturated rings. The van der Waals surface area contributed by atoms with Crippen molar-refractivity contribution < 1.29 is 36.3 Å². The first-order valence-corrected chi connectivity index (χ1v) is 13.7. The van der Waals surface area contributed by atoms with Gasteiger partial charge in [0.1, 0.15) is 11.6 Å². The lowest BCUT2D eigenvalue weighted by atomic mass is 9.92. The third-order valence-corrected chi connectivity index (χ3v) is 7.58. The fourth-order valence-corrected chi connectivity index (χ4v) is 5.27. The lowest BCUT2D eigenvalue weighted by Gasteiger charge is -2.15. The molecule has 1 saturated carbocycles. The van der Waals surface area contributed by atoms with E-state index in [0.717, 1.165) is 12.8 Å². The number of nitrogens with one attached hydrogen (secondary N) is 1. The summed E-state index contributed by atoms with van der Waals surface area (Å²) in [5.74, 6) is -0.383. The number of ketones is 1. The number of alkyl halides is 3. The van der Waals surface area contributed by atoms with Crippen LogP contribution in [0.2, 0.25) is 0 Å². The molecule has 2 aromatic heterocycles. The van der Waals surface area contributed by atoms with Crippen LogP contribution in [0, 0.1) is 17.7 Å². The maximum Gasteiger partial charge on any atom is 0.389 e. The first-order valence-electron chi connectivity index (χ1n) is 13.7. The highest BCUT2D eigenvalue weighted by Gasteiger charge is 2.33. The summed E-state index contributed by atoms with van der Waals surface area (Å²) < 4.78 is 64.7. The fraction of sp³-hybridized carbons (Fsp3) is 0.344. The molecule has 0 radical (unpaired) electrons. The van der Waals surface area contributed by atoms with Crippen LogP contribution in [0.3, 0.4) is 0 Å². The Kier molecular flexibility index (Phi) is 8.45. The van der Waals surface area contributed by atoms with Crippen molar-refractivity contribution in [1.82, 2.24) is 10.3 Å². The van der Waals surface area contributed by atoms with Crippen molar-refractivity contribution in [3.8, 4) is 22.5 Å². The Balaban J connectivity index is 1.62. The third-order valence-electron chi connectivity index (χ3n) is 7.58. The molecule has 0 unspecified atom stereocenters. The minimum atomic E-state index is -4.43. The van der Waals surface area contributed by atoms with Crippen LogP contribution in [0.4, 0.5) is 17.6 Å². The molecule has 2 aromatic carbocycles. The van der Waals surface area contributed by atoms with Crippen LogP contribution in [-0.4, -0.2) is 43.6 Å². The number of aromatic nitrogens is 1. The molecular formula is C32H30F4N2O4. The maximum atomic E-state index is 13.6. The molecule has 42 heavy (non-hydrogen) atoms. The molecule has 0 spiro atoms. The van der Waals surface area contributed by atoms with Crippen LogP contribution in [0.5, 0.6) is 0 Å². The minimum absolute atomic E-state index is 0.0204. The quantitative estimate of drug-likeness (QED) is 0.147. The van der Waals surface area contributed by atoms with E-state index in [1.807, 2.05) is 0 Å². The second-order valence-electron chi connectivity index (χ2n) is 10.6. The van der Waals surface area contributed by atoms with E-state index in [9.17, 15) is 27.2 Å². The average molecular weight is 583 g/mol. The number of hydrogen-bond acceptors (Lipinski definition) is 5. The summed E-state index contributed by atoms with van der Waals surface area (Å²) in [6, 6.07) is 13.6. The summed E-state index contributed by atoms with van der Waals surface area (Å²) in [6.45, 7) is 0.484. The molecule has 5 rings (SSSR count). The van der Waals surface area contributed by atoms with Crippen LogP contribution in [0.1, 0.15) is 52.1 Å².